The molecule has 0 radical (unpaired) electrons. The molecule has 0 aromatic heterocycles. The fourth-order valence-electron chi connectivity index (χ4n) is 2.80. The van der Waals surface area contributed by atoms with Gasteiger partial charge in [-0.1, -0.05) is 38.5 Å². The summed E-state index contributed by atoms with van der Waals surface area (Å²) >= 11 is 1.65. The van der Waals surface area contributed by atoms with Crippen molar-refractivity contribution in [3.05, 3.63) is 0 Å². The Labute approximate surface area is 217 Å². The standard InChI is InChI=1S/C22H48O10P2S/c1-21(2,28-5)22(3,4)29-20-35-19-15-14-18-32-34(26,27)31-17-13-11-9-7-6-8-10-12-16-30-33(23,24)25/h6-20H2,1-5H3,(H,26,27)(H2,23,24,25)/p-2/i/hT. The fraction of sp³-hybridized carbons (Fsp3) is 1.00. The SMILES string of the molecule is [3H]OP(=O)([O-])OCCCCCCCCCCOP(=O)([O-])OCCCCSCOC(C)(C)C(C)(C)OC. The van der Waals surface area contributed by atoms with Crippen molar-refractivity contribution in [2.45, 2.75) is 103 Å². The van der Waals surface area contributed by atoms with E-state index in [1.807, 2.05) is 27.7 Å². The first-order chi connectivity index (χ1) is 16.8. The predicted octanol–water partition coefficient (Wildman–Crippen LogP) is 4.78. The Morgan fingerprint density at radius 3 is 1.71 bits per heavy atom. The number of hydrogen-bond acceptors (Lipinski definition) is 11. The van der Waals surface area contributed by atoms with Crippen LogP contribution < -0.4 is 9.79 Å². The van der Waals surface area contributed by atoms with Crippen molar-refractivity contribution in [1.29, 1.82) is 1.43 Å². The minimum atomic E-state index is -4.44. The van der Waals surface area contributed by atoms with Gasteiger partial charge in [-0.2, -0.15) is 0 Å². The topological polar surface area (TPSA) is 147 Å². The van der Waals surface area contributed by atoms with Gasteiger partial charge in [-0.25, -0.2) is 0 Å². The highest BCUT2D eigenvalue weighted by atomic mass is 32.2. The molecule has 0 rings (SSSR count). The van der Waals surface area contributed by atoms with Crippen LogP contribution in [-0.4, -0.2) is 56.2 Å². The maximum Gasteiger partial charge on any atom is 0.267 e. The summed E-state index contributed by atoms with van der Waals surface area (Å²) in [7, 11) is -7.03. The molecule has 0 aromatic rings. The van der Waals surface area contributed by atoms with Crippen molar-refractivity contribution in [3.63, 3.8) is 0 Å². The highest BCUT2D eigenvalue weighted by Crippen LogP contribution is 2.38. The maximum atomic E-state index is 11.8. The summed E-state index contributed by atoms with van der Waals surface area (Å²) in [5, 5.41) is 0. The molecule has 0 aliphatic heterocycles. The molecule has 2 unspecified atom stereocenters. The van der Waals surface area contributed by atoms with Gasteiger partial charge in [-0.05, 0) is 59.1 Å². The minimum absolute atomic E-state index is 0.0225. The average Bonchev–Trinajstić information content (AvgIpc) is 2.81. The molecule has 0 amide bonds. The van der Waals surface area contributed by atoms with Gasteiger partial charge in [0.1, 0.15) is 0 Å². The van der Waals surface area contributed by atoms with Gasteiger partial charge in [0.2, 0.25) is 1.43 Å². The normalized spacial score (nSPS) is 16.6. The molecule has 0 spiro atoms. The second-order valence-corrected chi connectivity index (χ2v) is 12.9. The first-order valence-corrected chi connectivity index (χ1v) is 16.3. The molecule has 0 heterocycles. The molecule has 0 saturated heterocycles. The molecular formula is C22H46O10P2S-2. The Balaban J connectivity index is 3.57. The van der Waals surface area contributed by atoms with Gasteiger partial charge in [0, 0.05) is 7.11 Å². The van der Waals surface area contributed by atoms with E-state index in [-0.39, 0.29) is 19.8 Å². The zero-order valence-electron chi connectivity index (χ0n) is 23.0. The molecular weight excluding hydrogens is 518 g/mol. The van der Waals surface area contributed by atoms with Crippen LogP contribution in [0.1, 0.15) is 91.9 Å². The molecule has 2 atom stereocenters. The van der Waals surface area contributed by atoms with Crippen LogP contribution in [0.3, 0.4) is 0 Å². The first-order valence-electron chi connectivity index (χ1n) is 12.7. The van der Waals surface area contributed by atoms with Crippen molar-refractivity contribution in [3.8, 4) is 0 Å². The molecule has 0 aromatic carbocycles. The predicted molar refractivity (Wildman–Crippen MR) is 135 cm³/mol. The second kappa shape index (κ2) is 18.7. The van der Waals surface area contributed by atoms with Gasteiger partial charge in [0.05, 0.1) is 37.0 Å². The molecule has 1 N–H and O–H groups in total. The van der Waals surface area contributed by atoms with Crippen LogP contribution in [-0.2, 0) is 32.2 Å². The summed E-state index contributed by atoms with van der Waals surface area (Å²) in [6, 6.07) is 0. The minimum Gasteiger partial charge on any atom is -0.756 e. The Kier molecular flexibility index (Phi) is 17.9. The lowest BCUT2D eigenvalue weighted by Crippen LogP contribution is -2.48. The summed E-state index contributed by atoms with van der Waals surface area (Å²) in [5.41, 5.74) is -0.822. The van der Waals surface area contributed by atoms with Crippen molar-refractivity contribution in [1.82, 2.24) is 0 Å². The number of rotatable bonds is 25. The molecule has 0 fully saturated rings. The quantitative estimate of drug-likeness (QED) is 0.0925. The van der Waals surface area contributed by atoms with Crippen LogP contribution in [0.25, 0.3) is 0 Å². The van der Waals surface area contributed by atoms with Gasteiger partial charge in [-0.15, -0.1) is 11.8 Å². The van der Waals surface area contributed by atoms with Crippen LogP contribution in [0.2, 0.25) is 0 Å². The summed E-state index contributed by atoms with van der Waals surface area (Å²) < 4.78 is 54.7. The smallest absolute Gasteiger partial charge is 0.267 e. The monoisotopic (exact) mass is 566 g/mol. The average molecular weight is 567 g/mol. The molecule has 0 aliphatic carbocycles. The third kappa shape index (κ3) is 20.2. The van der Waals surface area contributed by atoms with Gasteiger partial charge in [-0.3, -0.25) is 9.13 Å². The van der Waals surface area contributed by atoms with Crippen molar-refractivity contribution in [2.24, 2.45) is 0 Å². The van der Waals surface area contributed by atoms with Crippen LogP contribution >= 0.6 is 27.4 Å². The van der Waals surface area contributed by atoms with Crippen molar-refractivity contribution >= 4 is 27.4 Å². The third-order valence-electron chi connectivity index (χ3n) is 5.93. The number of thioether (sulfide) groups is 1. The number of phosphoric ester groups is 2. The maximum absolute atomic E-state index is 11.8. The number of phosphoric acid groups is 2. The number of methoxy groups -OCH3 is 1. The zero-order valence-corrected chi connectivity index (χ0v) is 24.6. The molecule has 212 valence electrons. The van der Waals surface area contributed by atoms with Gasteiger partial charge < -0.3 is 37.7 Å². The van der Waals surface area contributed by atoms with E-state index in [1.165, 1.54) is 0 Å². The Bertz CT molecular complexity index is 654. The van der Waals surface area contributed by atoms with E-state index in [2.05, 4.69) is 9.42 Å². The molecule has 13 heteroatoms. The Hall–Kier alpha value is 0.490. The van der Waals surface area contributed by atoms with Crippen LogP contribution in [0.4, 0.5) is 0 Å². The van der Waals surface area contributed by atoms with Crippen molar-refractivity contribution in [2.75, 3.05) is 38.6 Å². The molecule has 10 nitrogen and oxygen atoms in total. The Morgan fingerprint density at radius 1 is 0.771 bits per heavy atom. The first kappa shape index (κ1) is 33.5. The molecule has 0 aliphatic rings. The summed E-state index contributed by atoms with van der Waals surface area (Å²) in [5.74, 6) is 1.38. The van der Waals surface area contributed by atoms with Gasteiger partial charge in [0.25, 0.3) is 15.6 Å². The van der Waals surface area contributed by atoms with E-state index in [4.69, 9.17) is 20.0 Å². The summed E-state index contributed by atoms with van der Waals surface area (Å²) in [4.78, 5) is 26.1. The summed E-state index contributed by atoms with van der Waals surface area (Å²) in [6.07, 6.45) is 8.27. The lowest BCUT2D eigenvalue weighted by Gasteiger charge is -2.40. The van der Waals surface area contributed by atoms with E-state index in [0.717, 1.165) is 50.7 Å². The number of unbranched alkanes of at least 4 members (excludes halogenated alkanes) is 8. The van der Waals surface area contributed by atoms with E-state index in [1.54, 1.807) is 18.9 Å². The van der Waals surface area contributed by atoms with Crippen LogP contribution in [0.5, 0.6) is 0 Å². The van der Waals surface area contributed by atoms with Crippen LogP contribution in [0.15, 0.2) is 0 Å². The van der Waals surface area contributed by atoms with E-state index in [9.17, 15) is 18.9 Å². The fourth-order valence-corrected chi connectivity index (χ4v) is 4.84. The van der Waals surface area contributed by atoms with E-state index < -0.39 is 26.8 Å². The molecule has 35 heavy (non-hydrogen) atoms. The second-order valence-electron chi connectivity index (χ2n) is 9.32. The van der Waals surface area contributed by atoms with E-state index in [0.29, 0.717) is 25.2 Å². The lowest BCUT2D eigenvalue weighted by atomic mass is 9.89. The van der Waals surface area contributed by atoms with Gasteiger partial charge in [0.15, 0.2) is 0 Å². The highest BCUT2D eigenvalue weighted by Gasteiger charge is 2.38. The summed E-state index contributed by atoms with van der Waals surface area (Å²) in [6.45, 7) is 8.21. The number of hydrogen-bond donors (Lipinski definition) is 1. The van der Waals surface area contributed by atoms with Crippen molar-refractivity contribution < 1.29 is 46.9 Å². The van der Waals surface area contributed by atoms with Crippen LogP contribution in [0, 0.1) is 0 Å². The van der Waals surface area contributed by atoms with Gasteiger partial charge >= 0.3 is 0 Å². The van der Waals surface area contributed by atoms with E-state index >= 15 is 0 Å². The molecule has 0 bridgehead atoms. The third-order valence-corrected chi connectivity index (χ3v) is 8.29. The number of ether oxygens (including phenoxy) is 2. The Morgan fingerprint density at radius 2 is 1.23 bits per heavy atom. The largest absolute Gasteiger partial charge is 0.756 e. The highest BCUT2D eigenvalue weighted by molar-refractivity contribution is 7.99. The zero-order chi connectivity index (χ0) is 27.6. The molecule has 0 saturated carbocycles. The lowest BCUT2D eigenvalue weighted by molar-refractivity contribution is -0.225.